The van der Waals surface area contributed by atoms with Crippen molar-refractivity contribution in [3.05, 3.63) is 33.9 Å². The number of hydrogen-bond donors (Lipinski definition) is 3. The van der Waals surface area contributed by atoms with Crippen molar-refractivity contribution in [2.45, 2.75) is 53.7 Å². The average molecular weight is 279 g/mol. The summed E-state index contributed by atoms with van der Waals surface area (Å²) in [4.78, 5) is 0. The number of aryl methyl sites for hydroxylation is 2. The van der Waals surface area contributed by atoms with Crippen LogP contribution in [0.15, 0.2) is 6.07 Å². The molecule has 1 aromatic rings. The molecule has 0 heterocycles. The SMILES string of the molecule is Cc1cc(C)c(C)c(C(O)C(NCCO)C(C)C)c1C. The van der Waals surface area contributed by atoms with Gasteiger partial charge in [-0.25, -0.2) is 0 Å². The molecule has 1 rings (SSSR count). The van der Waals surface area contributed by atoms with Gasteiger partial charge < -0.3 is 15.5 Å². The normalized spacial score (nSPS) is 14.7. The van der Waals surface area contributed by atoms with Crippen molar-refractivity contribution in [2.24, 2.45) is 5.92 Å². The summed E-state index contributed by atoms with van der Waals surface area (Å²) in [5, 5.41) is 23.1. The summed E-state index contributed by atoms with van der Waals surface area (Å²) >= 11 is 0. The first kappa shape index (κ1) is 17.2. The van der Waals surface area contributed by atoms with Crippen LogP contribution in [-0.4, -0.2) is 29.4 Å². The van der Waals surface area contributed by atoms with E-state index in [9.17, 15) is 5.11 Å². The van der Waals surface area contributed by atoms with Crippen LogP contribution >= 0.6 is 0 Å². The van der Waals surface area contributed by atoms with E-state index >= 15 is 0 Å². The maximum Gasteiger partial charge on any atom is 0.0950 e. The lowest BCUT2D eigenvalue weighted by Crippen LogP contribution is -2.41. The van der Waals surface area contributed by atoms with Gasteiger partial charge in [0.05, 0.1) is 12.7 Å². The third-order valence-corrected chi connectivity index (χ3v) is 4.27. The molecule has 0 aliphatic rings. The van der Waals surface area contributed by atoms with Gasteiger partial charge in [0.15, 0.2) is 0 Å². The quantitative estimate of drug-likeness (QED) is 0.750. The summed E-state index contributed by atoms with van der Waals surface area (Å²) in [5.41, 5.74) is 5.79. The van der Waals surface area contributed by atoms with E-state index in [0.717, 1.165) is 16.7 Å². The first-order valence-electron chi connectivity index (χ1n) is 7.40. The van der Waals surface area contributed by atoms with E-state index in [0.29, 0.717) is 6.54 Å². The van der Waals surface area contributed by atoms with E-state index in [1.807, 2.05) is 0 Å². The zero-order chi connectivity index (χ0) is 15.4. The van der Waals surface area contributed by atoms with Gasteiger partial charge in [0, 0.05) is 12.6 Å². The molecule has 0 spiro atoms. The highest BCUT2D eigenvalue weighted by Crippen LogP contribution is 2.31. The van der Waals surface area contributed by atoms with Crippen LogP contribution in [0.5, 0.6) is 0 Å². The van der Waals surface area contributed by atoms with Crippen LogP contribution in [-0.2, 0) is 0 Å². The fourth-order valence-electron chi connectivity index (χ4n) is 2.81. The van der Waals surface area contributed by atoms with Crippen molar-refractivity contribution in [1.82, 2.24) is 5.32 Å². The van der Waals surface area contributed by atoms with Crippen LogP contribution in [0.1, 0.15) is 47.8 Å². The minimum absolute atomic E-state index is 0.0549. The number of aliphatic hydroxyl groups is 2. The standard InChI is InChI=1S/C17H29NO2/c1-10(2)16(18-7-8-19)17(20)15-13(5)11(3)9-12(4)14(15)6/h9-10,16-20H,7-8H2,1-6H3. The van der Waals surface area contributed by atoms with Crippen LogP contribution in [0.2, 0.25) is 0 Å². The molecule has 3 N–H and O–H groups in total. The van der Waals surface area contributed by atoms with Gasteiger partial charge in [-0.1, -0.05) is 19.9 Å². The van der Waals surface area contributed by atoms with Gasteiger partial charge in [0.25, 0.3) is 0 Å². The fraction of sp³-hybridized carbons (Fsp3) is 0.647. The van der Waals surface area contributed by atoms with Crippen LogP contribution in [0.3, 0.4) is 0 Å². The van der Waals surface area contributed by atoms with Crippen molar-refractivity contribution in [3.8, 4) is 0 Å². The highest BCUT2D eigenvalue weighted by molar-refractivity contribution is 5.45. The van der Waals surface area contributed by atoms with Gasteiger partial charge >= 0.3 is 0 Å². The maximum atomic E-state index is 10.8. The molecule has 0 aliphatic carbocycles. The monoisotopic (exact) mass is 279 g/mol. The van der Waals surface area contributed by atoms with Crippen molar-refractivity contribution in [1.29, 1.82) is 0 Å². The summed E-state index contributed by atoms with van der Waals surface area (Å²) in [6.07, 6.45) is -0.555. The number of aliphatic hydroxyl groups excluding tert-OH is 2. The lowest BCUT2D eigenvalue weighted by Gasteiger charge is -2.30. The molecule has 0 bridgehead atoms. The van der Waals surface area contributed by atoms with E-state index in [1.54, 1.807) is 0 Å². The van der Waals surface area contributed by atoms with Crippen LogP contribution in [0, 0.1) is 33.6 Å². The Morgan fingerprint density at radius 2 is 1.55 bits per heavy atom. The van der Waals surface area contributed by atoms with Gasteiger partial charge in [-0.05, 0) is 61.4 Å². The Kier molecular flexibility index (Phi) is 6.18. The van der Waals surface area contributed by atoms with E-state index in [4.69, 9.17) is 5.11 Å². The first-order valence-corrected chi connectivity index (χ1v) is 7.40. The van der Waals surface area contributed by atoms with Gasteiger partial charge in [-0.15, -0.1) is 0 Å². The highest BCUT2D eigenvalue weighted by atomic mass is 16.3. The molecule has 0 amide bonds. The topological polar surface area (TPSA) is 52.5 Å². The molecule has 0 saturated carbocycles. The molecule has 2 unspecified atom stereocenters. The summed E-state index contributed by atoms with van der Waals surface area (Å²) in [6.45, 7) is 13.1. The Labute approximate surface area is 123 Å². The Bertz CT molecular complexity index is 429. The van der Waals surface area contributed by atoms with Gasteiger partial charge in [0.1, 0.15) is 0 Å². The van der Waals surface area contributed by atoms with Crippen molar-refractivity contribution in [2.75, 3.05) is 13.2 Å². The predicted molar refractivity (Wildman–Crippen MR) is 84.1 cm³/mol. The molecule has 114 valence electrons. The van der Waals surface area contributed by atoms with Gasteiger partial charge in [-0.2, -0.15) is 0 Å². The van der Waals surface area contributed by atoms with Crippen LogP contribution < -0.4 is 5.32 Å². The largest absolute Gasteiger partial charge is 0.395 e. The molecule has 0 radical (unpaired) electrons. The summed E-state index contributed by atoms with van der Waals surface area (Å²) in [6, 6.07) is 2.12. The Morgan fingerprint density at radius 1 is 1.05 bits per heavy atom. The summed E-state index contributed by atoms with van der Waals surface area (Å²) in [7, 11) is 0. The molecule has 20 heavy (non-hydrogen) atoms. The number of benzene rings is 1. The van der Waals surface area contributed by atoms with E-state index < -0.39 is 6.10 Å². The summed E-state index contributed by atoms with van der Waals surface area (Å²) in [5.74, 6) is 0.288. The van der Waals surface area contributed by atoms with Gasteiger partial charge in [0.2, 0.25) is 0 Å². The average Bonchev–Trinajstić information content (AvgIpc) is 2.37. The van der Waals surface area contributed by atoms with Crippen LogP contribution in [0.4, 0.5) is 0 Å². The van der Waals surface area contributed by atoms with Crippen molar-refractivity contribution < 1.29 is 10.2 Å². The summed E-state index contributed by atoms with van der Waals surface area (Å²) < 4.78 is 0. The second kappa shape index (κ2) is 7.21. The van der Waals surface area contributed by atoms with Crippen molar-refractivity contribution >= 4 is 0 Å². The first-order chi connectivity index (χ1) is 9.31. The smallest absolute Gasteiger partial charge is 0.0950 e. The number of nitrogens with one attached hydrogen (secondary N) is 1. The molecule has 0 fully saturated rings. The third kappa shape index (κ3) is 3.60. The molecular weight excluding hydrogens is 250 g/mol. The number of hydrogen-bond acceptors (Lipinski definition) is 3. The lowest BCUT2D eigenvalue weighted by atomic mass is 9.85. The molecule has 2 atom stereocenters. The number of rotatable bonds is 6. The second-order valence-electron chi connectivity index (χ2n) is 6.07. The Balaban J connectivity index is 3.20. The highest BCUT2D eigenvalue weighted by Gasteiger charge is 2.27. The molecule has 0 aliphatic heterocycles. The molecular formula is C17H29NO2. The van der Waals surface area contributed by atoms with Crippen molar-refractivity contribution in [3.63, 3.8) is 0 Å². The maximum absolute atomic E-state index is 10.8. The molecule has 3 nitrogen and oxygen atoms in total. The van der Waals surface area contributed by atoms with E-state index in [-0.39, 0.29) is 18.6 Å². The predicted octanol–water partition coefficient (Wildman–Crippen LogP) is 2.56. The lowest BCUT2D eigenvalue weighted by molar-refractivity contribution is 0.100. The van der Waals surface area contributed by atoms with E-state index in [2.05, 4.69) is 52.9 Å². The minimum atomic E-state index is -0.555. The molecule has 0 aromatic heterocycles. The molecule has 3 heteroatoms. The van der Waals surface area contributed by atoms with Gasteiger partial charge in [-0.3, -0.25) is 0 Å². The van der Waals surface area contributed by atoms with E-state index in [1.165, 1.54) is 11.1 Å². The second-order valence-corrected chi connectivity index (χ2v) is 6.07. The zero-order valence-corrected chi connectivity index (χ0v) is 13.6. The fourth-order valence-corrected chi connectivity index (χ4v) is 2.81. The third-order valence-electron chi connectivity index (χ3n) is 4.27. The molecule has 1 aromatic carbocycles. The Hall–Kier alpha value is -0.900. The van der Waals surface area contributed by atoms with Crippen LogP contribution in [0.25, 0.3) is 0 Å². The Morgan fingerprint density at radius 3 is 1.95 bits per heavy atom. The minimum Gasteiger partial charge on any atom is -0.395 e. The molecule has 0 saturated heterocycles. The zero-order valence-electron chi connectivity index (χ0n) is 13.6.